The first-order valence-electron chi connectivity index (χ1n) is 6.92. The SMILES string of the molecule is COc1ccc(CN(C)c2ncc3ncn(C(N)=O)c3n2)cc1. The van der Waals surface area contributed by atoms with Gasteiger partial charge < -0.3 is 15.4 Å². The van der Waals surface area contributed by atoms with Gasteiger partial charge in [-0.25, -0.2) is 19.3 Å². The van der Waals surface area contributed by atoms with E-state index in [1.54, 1.807) is 13.3 Å². The third-order valence-corrected chi connectivity index (χ3v) is 3.44. The van der Waals surface area contributed by atoms with E-state index in [-0.39, 0.29) is 0 Å². The molecule has 0 saturated carbocycles. The Morgan fingerprint density at radius 1 is 1.30 bits per heavy atom. The highest BCUT2D eigenvalue weighted by Gasteiger charge is 2.12. The summed E-state index contributed by atoms with van der Waals surface area (Å²) in [4.78, 5) is 25.9. The van der Waals surface area contributed by atoms with E-state index in [0.29, 0.717) is 23.7 Å². The van der Waals surface area contributed by atoms with E-state index in [0.717, 1.165) is 11.3 Å². The van der Waals surface area contributed by atoms with Crippen molar-refractivity contribution in [3.8, 4) is 5.75 Å². The van der Waals surface area contributed by atoms with Crippen molar-refractivity contribution in [3.05, 3.63) is 42.4 Å². The maximum atomic E-state index is 11.4. The van der Waals surface area contributed by atoms with Crippen LogP contribution in [-0.4, -0.2) is 39.7 Å². The van der Waals surface area contributed by atoms with Gasteiger partial charge in [0.15, 0.2) is 5.65 Å². The molecule has 0 fully saturated rings. The minimum absolute atomic E-state index is 0.393. The summed E-state index contributed by atoms with van der Waals surface area (Å²) in [6.07, 6.45) is 2.91. The fourth-order valence-corrected chi connectivity index (χ4v) is 2.22. The second-order valence-electron chi connectivity index (χ2n) is 5.04. The largest absolute Gasteiger partial charge is 0.497 e. The number of aromatic nitrogens is 4. The van der Waals surface area contributed by atoms with E-state index in [9.17, 15) is 4.79 Å². The number of carbonyl (C=O) groups excluding carboxylic acids is 1. The molecule has 0 bridgehead atoms. The van der Waals surface area contributed by atoms with Crippen molar-refractivity contribution in [2.45, 2.75) is 6.54 Å². The molecular weight excluding hydrogens is 296 g/mol. The zero-order chi connectivity index (χ0) is 16.4. The highest BCUT2D eigenvalue weighted by molar-refractivity contribution is 5.86. The molecule has 1 amide bonds. The topological polar surface area (TPSA) is 99.2 Å². The van der Waals surface area contributed by atoms with Crippen molar-refractivity contribution in [3.63, 3.8) is 0 Å². The maximum Gasteiger partial charge on any atom is 0.325 e. The van der Waals surface area contributed by atoms with Crippen LogP contribution in [0.4, 0.5) is 10.7 Å². The van der Waals surface area contributed by atoms with Crippen LogP contribution in [0.1, 0.15) is 5.56 Å². The number of primary amides is 1. The lowest BCUT2D eigenvalue weighted by Crippen LogP contribution is -2.21. The molecule has 1 aromatic carbocycles. The summed E-state index contributed by atoms with van der Waals surface area (Å²) >= 11 is 0. The van der Waals surface area contributed by atoms with Crippen LogP contribution in [-0.2, 0) is 6.54 Å². The minimum Gasteiger partial charge on any atom is -0.497 e. The van der Waals surface area contributed by atoms with Crippen LogP contribution < -0.4 is 15.4 Å². The van der Waals surface area contributed by atoms with Gasteiger partial charge in [-0.2, -0.15) is 4.98 Å². The molecule has 3 aromatic rings. The van der Waals surface area contributed by atoms with Crippen molar-refractivity contribution < 1.29 is 9.53 Å². The van der Waals surface area contributed by atoms with Crippen LogP contribution in [0.2, 0.25) is 0 Å². The van der Waals surface area contributed by atoms with E-state index >= 15 is 0 Å². The third-order valence-electron chi connectivity index (χ3n) is 3.44. The van der Waals surface area contributed by atoms with Crippen LogP contribution in [0, 0.1) is 0 Å². The van der Waals surface area contributed by atoms with Crippen LogP contribution in [0.25, 0.3) is 11.2 Å². The monoisotopic (exact) mass is 312 g/mol. The van der Waals surface area contributed by atoms with Gasteiger partial charge in [-0.05, 0) is 17.7 Å². The lowest BCUT2D eigenvalue weighted by molar-refractivity contribution is 0.251. The summed E-state index contributed by atoms with van der Waals surface area (Å²) in [5, 5.41) is 0. The van der Waals surface area contributed by atoms with Crippen LogP contribution in [0.15, 0.2) is 36.8 Å². The Bertz CT molecular complexity index is 843. The lowest BCUT2D eigenvalue weighted by Gasteiger charge is -2.17. The fourth-order valence-electron chi connectivity index (χ4n) is 2.22. The van der Waals surface area contributed by atoms with E-state index in [2.05, 4.69) is 15.0 Å². The van der Waals surface area contributed by atoms with E-state index in [1.807, 2.05) is 36.2 Å². The average Bonchev–Trinajstić information content (AvgIpc) is 2.98. The predicted molar refractivity (Wildman–Crippen MR) is 85.4 cm³/mol. The summed E-state index contributed by atoms with van der Waals surface area (Å²) in [6, 6.07) is 7.11. The molecule has 0 radical (unpaired) electrons. The number of methoxy groups -OCH3 is 1. The molecule has 0 aliphatic heterocycles. The number of hydrogen-bond donors (Lipinski definition) is 1. The fraction of sp³-hybridized carbons (Fsp3) is 0.200. The maximum absolute atomic E-state index is 11.4. The first-order valence-corrected chi connectivity index (χ1v) is 6.92. The van der Waals surface area contributed by atoms with Gasteiger partial charge in [-0.1, -0.05) is 12.1 Å². The van der Waals surface area contributed by atoms with Gasteiger partial charge in [0.2, 0.25) is 5.95 Å². The zero-order valence-electron chi connectivity index (χ0n) is 12.8. The number of ether oxygens (including phenoxy) is 1. The molecule has 0 aliphatic carbocycles. The molecule has 23 heavy (non-hydrogen) atoms. The van der Waals surface area contributed by atoms with Crippen molar-refractivity contribution in [1.29, 1.82) is 0 Å². The number of nitrogens with two attached hydrogens (primary N) is 1. The molecule has 8 heteroatoms. The molecule has 3 rings (SSSR count). The number of rotatable bonds is 4. The van der Waals surface area contributed by atoms with E-state index < -0.39 is 6.03 Å². The summed E-state index contributed by atoms with van der Waals surface area (Å²) in [6.45, 7) is 0.611. The number of imidazole rings is 1. The molecule has 2 N–H and O–H groups in total. The van der Waals surface area contributed by atoms with E-state index in [1.165, 1.54) is 10.9 Å². The summed E-state index contributed by atoms with van der Waals surface area (Å²) < 4.78 is 6.34. The van der Waals surface area contributed by atoms with Gasteiger partial charge in [-0.15, -0.1) is 0 Å². The number of anilines is 1. The van der Waals surface area contributed by atoms with Crippen molar-refractivity contribution >= 4 is 23.1 Å². The molecule has 118 valence electrons. The average molecular weight is 312 g/mol. The first-order chi connectivity index (χ1) is 11.1. The van der Waals surface area contributed by atoms with Crippen molar-refractivity contribution in [2.24, 2.45) is 5.73 Å². The second kappa shape index (κ2) is 5.91. The third kappa shape index (κ3) is 2.91. The van der Waals surface area contributed by atoms with Gasteiger partial charge in [0.1, 0.15) is 17.6 Å². The Balaban J connectivity index is 1.86. The molecular formula is C15H16N6O2. The van der Waals surface area contributed by atoms with Crippen LogP contribution in [0.3, 0.4) is 0 Å². The molecule has 0 aliphatic rings. The molecule has 0 saturated heterocycles. The second-order valence-corrected chi connectivity index (χ2v) is 5.04. The number of carbonyl (C=O) groups is 1. The predicted octanol–water partition coefficient (Wildman–Crippen LogP) is 1.40. The standard InChI is InChI=1S/C15H16N6O2/c1-20(8-10-3-5-11(23-2)6-4-10)15-17-7-12-13(19-15)21(9-18-12)14(16)22/h3-7,9H,8H2,1-2H3,(H2,16,22). The zero-order valence-corrected chi connectivity index (χ0v) is 12.8. The molecule has 8 nitrogen and oxygen atoms in total. The molecule has 0 unspecified atom stereocenters. The highest BCUT2D eigenvalue weighted by atomic mass is 16.5. The Kier molecular flexibility index (Phi) is 3.80. The molecule has 2 heterocycles. The summed E-state index contributed by atoms with van der Waals surface area (Å²) in [5.41, 5.74) is 7.29. The first kappa shape index (κ1) is 14.8. The van der Waals surface area contributed by atoms with Gasteiger partial charge in [0, 0.05) is 13.6 Å². The number of amides is 1. The van der Waals surface area contributed by atoms with Gasteiger partial charge in [0.25, 0.3) is 0 Å². The molecule has 0 spiro atoms. The van der Waals surface area contributed by atoms with Gasteiger partial charge in [-0.3, -0.25) is 0 Å². The number of nitrogens with zero attached hydrogens (tertiary/aromatic N) is 5. The quantitative estimate of drug-likeness (QED) is 0.781. The number of benzene rings is 1. The Labute approximate surface area is 132 Å². The van der Waals surface area contributed by atoms with Gasteiger partial charge >= 0.3 is 6.03 Å². The Morgan fingerprint density at radius 3 is 2.70 bits per heavy atom. The smallest absolute Gasteiger partial charge is 0.325 e. The van der Waals surface area contributed by atoms with Crippen molar-refractivity contribution in [1.82, 2.24) is 19.5 Å². The van der Waals surface area contributed by atoms with E-state index in [4.69, 9.17) is 10.5 Å². The Morgan fingerprint density at radius 2 is 2.04 bits per heavy atom. The number of hydrogen-bond acceptors (Lipinski definition) is 6. The molecule has 0 atom stereocenters. The highest BCUT2D eigenvalue weighted by Crippen LogP contribution is 2.17. The van der Waals surface area contributed by atoms with Crippen LogP contribution in [0.5, 0.6) is 5.75 Å². The Hall–Kier alpha value is -3.16. The lowest BCUT2D eigenvalue weighted by atomic mass is 10.2. The minimum atomic E-state index is -0.630. The summed E-state index contributed by atoms with van der Waals surface area (Å²) in [7, 11) is 3.50. The number of fused-ring (bicyclic) bond motifs is 1. The normalized spacial score (nSPS) is 10.7. The summed E-state index contributed by atoms with van der Waals surface area (Å²) in [5.74, 6) is 1.29. The van der Waals surface area contributed by atoms with Crippen LogP contribution >= 0.6 is 0 Å². The van der Waals surface area contributed by atoms with Crippen molar-refractivity contribution in [2.75, 3.05) is 19.1 Å². The molecule has 2 aromatic heterocycles. The van der Waals surface area contributed by atoms with Gasteiger partial charge in [0.05, 0.1) is 13.3 Å².